The Kier molecular flexibility index (Phi) is 13.5. The van der Waals surface area contributed by atoms with Gasteiger partial charge in [-0.05, 0) is 71.3 Å². The highest BCUT2D eigenvalue weighted by Crippen LogP contribution is 2.29. The minimum absolute atomic E-state index is 0.0130. The molecule has 1 fully saturated rings. The summed E-state index contributed by atoms with van der Waals surface area (Å²) in [7, 11) is 0. The summed E-state index contributed by atoms with van der Waals surface area (Å²) in [6, 6.07) is 0. The lowest BCUT2D eigenvalue weighted by atomic mass is 9.81. The van der Waals surface area contributed by atoms with E-state index < -0.39 is 22.9 Å². The Balaban J connectivity index is 2.30. The van der Waals surface area contributed by atoms with Crippen LogP contribution in [-0.2, 0) is 28.7 Å². The molecule has 0 aliphatic heterocycles. The number of carboxylic acids is 1. The van der Waals surface area contributed by atoms with Crippen molar-refractivity contribution in [2.75, 3.05) is 26.2 Å². The standard InChI is InChI=1S/C27H45N3O7/c1-6-7-23(33)30(19-31)16-12-22(32)28-15-13-27(4,5)37-17-14-26(2,3)25(36)29-18-20-8-10-21(11-9-20)24(34)35/h6-7,19-21H,8-18H2,1-5H3,(H,28,32)(H,29,36)(H,34,35)/b7-6-. The van der Waals surface area contributed by atoms with E-state index in [1.165, 1.54) is 12.2 Å². The number of carbonyl (C=O) groups excluding carboxylic acids is 4. The van der Waals surface area contributed by atoms with E-state index in [-0.39, 0.29) is 30.7 Å². The van der Waals surface area contributed by atoms with Gasteiger partial charge in [-0.15, -0.1) is 0 Å². The van der Waals surface area contributed by atoms with Gasteiger partial charge in [0.05, 0.1) is 11.5 Å². The summed E-state index contributed by atoms with van der Waals surface area (Å²) in [4.78, 5) is 59.6. The lowest BCUT2D eigenvalue weighted by molar-refractivity contribution is -0.143. The number of carboxylic acid groups (broad SMARTS) is 1. The van der Waals surface area contributed by atoms with E-state index in [4.69, 9.17) is 9.84 Å². The third kappa shape index (κ3) is 12.4. The summed E-state index contributed by atoms with van der Waals surface area (Å²) >= 11 is 0. The highest BCUT2D eigenvalue weighted by molar-refractivity contribution is 5.94. The topological polar surface area (TPSA) is 142 Å². The van der Waals surface area contributed by atoms with Crippen molar-refractivity contribution < 1.29 is 33.8 Å². The van der Waals surface area contributed by atoms with Gasteiger partial charge >= 0.3 is 5.97 Å². The Bertz CT molecular complexity index is 815. The fourth-order valence-electron chi connectivity index (χ4n) is 4.12. The molecule has 0 heterocycles. The predicted molar refractivity (Wildman–Crippen MR) is 139 cm³/mol. The molecule has 0 saturated heterocycles. The molecule has 10 heteroatoms. The smallest absolute Gasteiger partial charge is 0.306 e. The third-order valence-electron chi connectivity index (χ3n) is 6.93. The van der Waals surface area contributed by atoms with Crippen molar-refractivity contribution in [3.05, 3.63) is 12.2 Å². The molecule has 0 atom stereocenters. The zero-order valence-corrected chi connectivity index (χ0v) is 23.0. The number of allylic oxidation sites excluding steroid dienone is 1. The van der Waals surface area contributed by atoms with E-state index >= 15 is 0 Å². The first-order valence-electron chi connectivity index (χ1n) is 13.1. The quantitative estimate of drug-likeness (QED) is 0.209. The SMILES string of the molecule is C/C=C\C(=O)N(C=O)CCC(=O)NCCC(C)(C)OCCC(C)(C)C(=O)NCC1CCC(C(=O)O)CC1. The fourth-order valence-corrected chi connectivity index (χ4v) is 4.12. The second-order valence-electron chi connectivity index (χ2n) is 11.0. The van der Waals surface area contributed by atoms with Gasteiger partial charge in [0, 0.05) is 38.1 Å². The first-order valence-corrected chi connectivity index (χ1v) is 13.1. The van der Waals surface area contributed by atoms with E-state index in [1.54, 1.807) is 6.92 Å². The third-order valence-corrected chi connectivity index (χ3v) is 6.93. The molecule has 0 aromatic heterocycles. The van der Waals surface area contributed by atoms with E-state index in [2.05, 4.69) is 10.6 Å². The van der Waals surface area contributed by atoms with Crippen LogP contribution >= 0.6 is 0 Å². The Labute approximate surface area is 220 Å². The van der Waals surface area contributed by atoms with Crippen LogP contribution in [0.15, 0.2) is 12.2 Å². The number of nitrogens with one attached hydrogen (secondary N) is 2. The highest BCUT2D eigenvalue weighted by Gasteiger charge is 2.31. The van der Waals surface area contributed by atoms with Gasteiger partial charge < -0.3 is 20.5 Å². The van der Waals surface area contributed by atoms with Crippen molar-refractivity contribution in [2.45, 2.75) is 85.2 Å². The van der Waals surface area contributed by atoms with Gasteiger partial charge in [-0.25, -0.2) is 0 Å². The van der Waals surface area contributed by atoms with Crippen molar-refractivity contribution in [3.63, 3.8) is 0 Å². The van der Waals surface area contributed by atoms with Gasteiger partial charge in [0.25, 0.3) is 5.91 Å². The number of nitrogens with zero attached hydrogens (tertiary/aromatic N) is 1. The number of hydrogen-bond acceptors (Lipinski definition) is 6. The van der Waals surface area contributed by atoms with Crippen LogP contribution in [0.4, 0.5) is 0 Å². The van der Waals surface area contributed by atoms with Gasteiger partial charge in [0.15, 0.2) is 0 Å². The molecule has 210 valence electrons. The first kappa shape index (κ1) is 32.3. The molecular formula is C27H45N3O7. The average Bonchev–Trinajstić information content (AvgIpc) is 2.82. The molecule has 37 heavy (non-hydrogen) atoms. The maximum Gasteiger partial charge on any atom is 0.306 e. The average molecular weight is 524 g/mol. The molecule has 1 aliphatic carbocycles. The number of amides is 4. The minimum Gasteiger partial charge on any atom is -0.481 e. The van der Waals surface area contributed by atoms with Crippen LogP contribution in [0, 0.1) is 17.3 Å². The van der Waals surface area contributed by atoms with Crippen LogP contribution in [0.2, 0.25) is 0 Å². The lowest BCUT2D eigenvalue weighted by Crippen LogP contribution is -2.41. The number of hydrogen-bond donors (Lipinski definition) is 3. The Hall–Kier alpha value is -2.75. The van der Waals surface area contributed by atoms with E-state index in [0.29, 0.717) is 57.7 Å². The first-order chi connectivity index (χ1) is 17.3. The molecule has 10 nitrogen and oxygen atoms in total. The monoisotopic (exact) mass is 523 g/mol. The van der Waals surface area contributed by atoms with Crippen molar-refractivity contribution in [1.29, 1.82) is 0 Å². The lowest BCUT2D eigenvalue weighted by Gasteiger charge is -2.30. The fraction of sp³-hybridized carbons (Fsp3) is 0.741. The molecule has 1 saturated carbocycles. The molecule has 0 radical (unpaired) electrons. The molecular weight excluding hydrogens is 478 g/mol. The second kappa shape index (κ2) is 15.5. The molecule has 0 spiro atoms. The van der Waals surface area contributed by atoms with Crippen molar-refractivity contribution in [1.82, 2.24) is 15.5 Å². The number of rotatable bonds is 16. The largest absolute Gasteiger partial charge is 0.481 e. The molecule has 0 bridgehead atoms. The predicted octanol–water partition coefficient (Wildman–Crippen LogP) is 2.66. The van der Waals surface area contributed by atoms with Gasteiger partial charge in [-0.1, -0.05) is 19.9 Å². The number of carbonyl (C=O) groups is 5. The van der Waals surface area contributed by atoms with E-state index in [9.17, 15) is 24.0 Å². The Morgan fingerprint density at radius 1 is 1.03 bits per heavy atom. The summed E-state index contributed by atoms with van der Waals surface area (Å²) in [5.41, 5.74) is -1.13. The maximum atomic E-state index is 12.7. The summed E-state index contributed by atoms with van der Waals surface area (Å²) < 4.78 is 6.01. The van der Waals surface area contributed by atoms with Crippen LogP contribution in [0.25, 0.3) is 0 Å². The van der Waals surface area contributed by atoms with E-state index in [0.717, 1.165) is 17.7 Å². The normalized spacial score (nSPS) is 18.3. The summed E-state index contributed by atoms with van der Waals surface area (Å²) in [5, 5.41) is 14.9. The molecule has 1 rings (SSSR count). The minimum atomic E-state index is -0.729. The van der Waals surface area contributed by atoms with Crippen LogP contribution in [0.3, 0.4) is 0 Å². The number of aliphatic carboxylic acids is 1. The van der Waals surface area contributed by atoms with E-state index in [1.807, 2.05) is 27.7 Å². The Morgan fingerprint density at radius 3 is 2.24 bits per heavy atom. The maximum absolute atomic E-state index is 12.7. The molecule has 0 aromatic rings. The summed E-state index contributed by atoms with van der Waals surface area (Å²) in [6.07, 6.45) is 7.28. The van der Waals surface area contributed by atoms with Gasteiger partial charge in [0.2, 0.25) is 18.2 Å². The number of imide groups is 1. The zero-order valence-electron chi connectivity index (χ0n) is 23.0. The van der Waals surface area contributed by atoms with Crippen molar-refractivity contribution >= 4 is 30.1 Å². The van der Waals surface area contributed by atoms with Crippen molar-refractivity contribution in [3.8, 4) is 0 Å². The Morgan fingerprint density at radius 2 is 1.68 bits per heavy atom. The molecule has 0 aromatic carbocycles. The van der Waals surface area contributed by atoms with Gasteiger partial charge in [-0.2, -0.15) is 0 Å². The molecule has 1 aliphatic rings. The van der Waals surface area contributed by atoms with Crippen LogP contribution in [0.1, 0.15) is 79.6 Å². The second-order valence-corrected chi connectivity index (χ2v) is 11.0. The molecule has 3 N–H and O–H groups in total. The zero-order chi connectivity index (χ0) is 28.1. The summed E-state index contributed by atoms with van der Waals surface area (Å²) in [6.45, 7) is 10.6. The van der Waals surface area contributed by atoms with Crippen LogP contribution in [-0.4, -0.2) is 71.9 Å². The van der Waals surface area contributed by atoms with Gasteiger partial charge in [0.1, 0.15) is 0 Å². The van der Waals surface area contributed by atoms with Crippen LogP contribution < -0.4 is 10.6 Å². The molecule has 0 unspecified atom stereocenters. The summed E-state index contributed by atoms with van der Waals surface area (Å²) in [5.74, 6) is -1.43. The van der Waals surface area contributed by atoms with Crippen LogP contribution in [0.5, 0.6) is 0 Å². The number of ether oxygens (including phenoxy) is 1. The highest BCUT2D eigenvalue weighted by atomic mass is 16.5. The molecule has 4 amide bonds. The van der Waals surface area contributed by atoms with Gasteiger partial charge in [-0.3, -0.25) is 28.9 Å². The van der Waals surface area contributed by atoms with Crippen molar-refractivity contribution in [2.24, 2.45) is 17.3 Å².